The maximum atomic E-state index is 11.7. The summed E-state index contributed by atoms with van der Waals surface area (Å²) in [4.78, 5) is 22.1. The number of carbonyl (C=O) groups is 1. The molecule has 1 aromatic carbocycles. The molecular formula is C13H15N3O3. The van der Waals surface area contributed by atoms with Crippen LogP contribution in [0.25, 0.3) is 0 Å². The number of hydrogen-bond donors (Lipinski definition) is 2. The number of terminal acetylenes is 1. The van der Waals surface area contributed by atoms with Crippen molar-refractivity contribution in [1.29, 1.82) is 0 Å². The van der Waals surface area contributed by atoms with Crippen LogP contribution in [-0.4, -0.2) is 16.9 Å². The molecule has 1 atom stereocenters. The summed E-state index contributed by atoms with van der Waals surface area (Å²) in [6.45, 7) is 3.56. The second-order valence-electron chi connectivity index (χ2n) is 4.21. The average molecular weight is 261 g/mol. The summed E-state index contributed by atoms with van der Waals surface area (Å²) in [6, 6.07) is 2.08. The molecule has 0 aliphatic rings. The first-order chi connectivity index (χ1) is 8.86. The van der Waals surface area contributed by atoms with Crippen LogP contribution in [0, 0.1) is 36.3 Å². The third-order valence-corrected chi connectivity index (χ3v) is 2.74. The van der Waals surface area contributed by atoms with Gasteiger partial charge in [0.25, 0.3) is 5.69 Å². The molecule has 0 aromatic heterocycles. The van der Waals surface area contributed by atoms with E-state index in [0.717, 1.165) is 11.1 Å². The summed E-state index contributed by atoms with van der Waals surface area (Å²) in [5.74, 6) is 1.73. The van der Waals surface area contributed by atoms with E-state index < -0.39 is 16.9 Å². The van der Waals surface area contributed by atoms with E-state index in [2.05, 4.69) is 11.2 Å². The number of nitro groups is 1. The van der Waals surface area contributed by atoms with Gasteiger partial charge in [0.15, 0.2) is 0 Å². The van der Waals surface area contributed by atoms with Crippen molar-refractivity contribution in [2.45, 2.75) is 26.3 Å². The topological polar surface area (TPSA) is 98.3 Å². The molecule has 3 N–H and O–H groups in total. The molecule has 1 rings (SSSR count). The molecule has 1 aromatic rings. The van der Waals surface area contributed by atoms with Crippen molar-refractivity contribution < 1.29 is 9.72 Å². The van der Waals surface area contributed by atoms with E-state index in [0.29, 0.717) is 0 Å². The SMILES string of the molecule is C#CCC(N)C(=O)Nc1cc(C)c(C)cc1[N+](=O)[O-]. The highest BCUT2D eigenvalue weighted by molar-refractivity contribution is 5.97. The second kappa shape index (κ2) is 5.98. The van der Waals surface area contributed by atoms with Crippen LogP contribution >= 0.6 is 0 Å². The molecule has 6 nitrogen and oxygen atoms in total. The van der Waals surface area contributed by atoms with Gasteiger partial charge in [0.05, 0.1) is 11.0 Å². The standard InChI is InChI=1S/C13H15N3O3/c1-4-5-10(14)13(17)15-11-6-8(2)9(3)7-12(11)16(18)19/h1,6-7,10H,5,14H2,2-3H3,(H,15,17). The minimum atomic E-state index is -0.883. The Labute approximate surface area is 111 Å². The molecule has 0 radical (unpaired) electrons. The van der Waals surface area contributed by atoms with Gasteiger partial charge in [-0.1, -0.05) is 0 Å². The minimum Gasteiger partial charge on any atom is -0.319 e. The fourth-order valence-corrected chi connectivity index (χ4v) is 1.50. The summed E-state index contributed by atoms with van der Waals surface area (Å²) in [5, 5.41) is 13.4. The van der Waals surface area contributed by atoms with Gasteiger partial charge in [-0.25, -0.2) is 0 Å². The van der Waals surface area contributed by atoms with Crippen molar-refractivity contribution in [2.24, 2.45) is 5.73 Å². The largest absolute Gasteiger partial charge is 0.319 e. The van der Waals surface area contributed by atoms with Gasteiger partial charge in [0.2, 0.25) is 5.91 Å². The van der Waals surface area contributed by atoms with Crippen LogP contribution in [0.15, 0.2) is 12.1 Å². The van der Waals surface area contributed by atoms with E-state index in [1.165, 1.54) is 6.07 Å². The smallest absolute Gasteiger partial charge is 0.293 e. The fraction of sp³-hybridized carbons (Fsp3) is 0.308. The Bertz CT molecular complexity index is 561. The van der Waals surface area contributed by atoms with Crippen molar-refractivity contribution in [3.63, 3.8) is 0 Å². The molecule has 1 unspecified atom stereocenters. The van der Waals surface area contributed by atoms with Crippen molar-refractivity contribution in [3.8, 4) is 12.3 Å². The zero-order chi connectivity index (χ0) is 14.6. The van der Waals surface area contributed by atoms with Crippen molar-refractivity contribution >= 4 is 17.3 Å². The number of nitrogens with zero attached hydrogens (tertiary/aromatic N) is 1. The maximum absolute atomic E-state index is 11.7. The van der Waals surface area contributed by atoms with Crippen LogP contribution in [0.3, 0.4) is 0 Å². The average Bonchev–Trinajstić information content (AvgIpc) is 2.33. The lowest BCUT2D eigenvalue weighted by Crippen LogP contribution is -2.35. The molecule has 0 bridgehead atoms. The number of amides is 1. The lowest BCUT2D eigenvalue weighted by atomic mass is 10.1. The molecular weight excluding hydrogens is 246 g/mol. The van der Waals surface area contributed by atoms with Crippen LogP contribution in [0.2, 0.25) is 0 Å². The van der Waals surface area contributed by atoms with Gasteiger partial charge >= 0.3 is 0 Å². The van der Waals surface area contributed by atoms with Crippen molar-refractivity contribution in [2.75, 3.05) is 5.32 Å². The third kappa shape index (κ3) is 3.53. The zero-order valence-electron chi connectivity index (χ0n) is 10.8. The van der Waals surface area contributed by atoms with Crippen LogP contribution in [-0.2, 0) is 4.79 Å². The Hall–Kier alpha value is -2.39. The van der Waals surface area contributed by atoms with Gasteiger partial charge in [-0.15, -0.1) is 12.3 Å². The van der Waals surface area contributed by atoms with Crippen LogP contribution in [0.1, 0.15) is 17.5 Å². The van der Waals surface area contributed by atoms with Crippen LogP contribution in [0.5, 0.6) is 0 Å². The van der Waals surface area contributed by atoms with Gasteiger partial charge in [-0.2, -0.15) is 0 Å². The Balaban J connectivity index is 3.07. The van der Waals surface area contributed by atoms with Gasteiger partial charge in [-0.05, 0) is 31.0 Å². The monoisotopic (exact) mass is 261 g/mol. The van der Waals surface area contributed by atoms with E-state index >= 15 is 0 Å². The number of hydrogen-bond acceptors (Lipinski definition) is 4. The molecule has 1 amide bonds. The van der Waals surface area contributed by atoms with E-state index in [-0.39, 0.29) is 17.8 Å². The first-order valence-electron chi connectivity index (χ1n) is 5.62. The zero-order valence-corrected chi connectivity index (χ0v) is 10.8. The number of benzene rings is 1. The maximum Gasteiger partial charge on any atom is 0.293 e. The summed E-state index contributed by atoms with van der Waals surface area (Å²) < 4.78 is 0. The molecule has 0 aliphatic carbocycles. The third-order valence-electron chi connectivity index (χ3n) is 2.74. The molecule has 0 heterocycles. The Morgan fingerprint density at radius 3 is 2.63 bits per heavy atom. The summed E-state index contributed by atoms with van der Waals surface area (Å²) in [5.41, 5.74) is 7.13. The molecule has 0 spiro atoms. The Morgan fingerprint density at radius 1 is 1.53 bits per heavy atom. The number of aryl methyl sites for hydroxylation is 2. The van der Waals surface area contributed by atoms with Crippen LogP contribution in [0.4, 0.5) is 11.4 Å². The predicted molar refractivity (Wildman–Crippen MR) is 72.6 cm³/mol. The normalized spacial score (nSPS) is 11.5. The summed E-state index contributed by atoms with van der Waals surface area (Å²) >= 11 is 0. The number of anilines is 1. The number of nitro benzene ring substituents is 1. The van der Waals surface area contributed by atoms with Crippen molar-refractivity contribution in [3.05, 3.63) is 33.4 Å². The van der Waals surface area contributed by atoms with Gasteiger partial charge in [0.1, 0.15) is 5.69 Å². The van der Waals surface area contributed by atoms with E-state index in [9.17, 15) is 14.9 Å². The minimum absolute atomic E-state index is 0.0739. The van der Waals surface area contributed by atoms with Gasteiger partial charge < -0.3 is 11.1 Å². The van der Waals surface area contributed by atoms with Gasteiger partial charge in [-0.3, -0.25) is 14.9 Å². The molecule has 100 valence electrons. The van der Waals surface area contributed by atoms with Crippen molar-refractivity contribution in [1.82, 2.24) is 0 Å². The Morgan fingerprint density at radius 2 is 2.11 bits per heavy atom. The Kier molecular flexibility index (Phi) is 4.62. The first kappa shape index (κ1) is 14.7. The fourth-order valence-electron chi connectivity index (χ4n) is 1.50. The highest BCUT2D eigenvalue weighted by Gasteiger charge is 2.20. The lowest BCUT2D eigenvalue weighted by molar-refractivity contribution is -0.384. The molecule has 19 heavy (non-hydrogen) atoms. The first-order valence-corrected chi connectivity index (χ1v) is 5.62. The molecule has 0 saturated carbocycles. The lowest BCUT2D eigenvalue weighted by Gasteiger charge is -2.11. The van der Waals surface area contributed by atoms with E-state index in [1.807, 2.05) is 0 Å². The van der Waals surface area contributed by atoms with Gasteiger partial charge in [0, 0.05) is 12.5 Å². The highest BCUT2D eigenvalue weighted by Crippen LogP contribution is 2.27. The van der Waals surface area contributed by atoms with Crippen LogP contribution < -0.4 is 11.1 Å². The quantitative estimate of drug-likeness (QED) is 0.487. The summed E-state index contributed by atoms with van der Waals surface area (Å²) in [7, 11) is 0. The highest BCUT2D eigenvalue weighted by atomic mass is 16.6. The number of rotatable bonds is 4. The van der Waals surface area contributed by atoms with E-state index in [1.54, 1.807) is 19.9 Å². The molecule has 0 aliphatic heterocycles. The van der Waals surface area contributed by atoms with E-state index in [4.69, 9.17) is 12.2 Å². The number of nitrogens with two attached hydrogens (primary N) is 1. The second-order valence-corrected chi connectivity index (χ2v) is 4.21. The molecule has 0 fully saturated rings. The molecule has 0 saturated heterocycles. The number of carbonyl (C=O) groups excluding carboxylic acids is 1. The predicted octanol–water partition coefficient (Wildman–Crippen LogP) is 1.50. The summed E-state index contributed by atoms with van der Waals surface area (Å²) in [6.07, 6.45) is 5.14. The number of nitrogens with one attached hydrogen (secondary N) is 1. The molecule has 6 heteroatoms.